The summed E-state index contributed by atoms with van der Waals surface area (Å²) in [6.45, 7) is 3.18. The van der Waals surface area contributed by atoms with E-state index >= 15 is 8.78 Å². The molecule has 0 fully saturated rings. The van der Waals surface area contributed by atoms with Crippen LogP contribution in [0.25, 0.3) is 44.5 Å². The second-order valence-corrected chi connectivity index (χ2v) is 9.11. The number of hydrogen-bond acceptors (Lipinski definition) is 0. The van der Waals surface area contributed by atoms with Gasteiger partial charge in [-0.25, -0.2) is 26.3 Å². The zero-order valence-corrected chi connectivity index (χ0v) is 20.4. The lowest BCUT2D eigenvalue weighted by Crippen LogP contribution is -1.97. The molecule has 0 aliphatic heterocycles. The van der Waals surface area contributed by atoms with Crippen LogP contribution in [0.3, 0.4) is 0 Å². The van der Waals surface area contributed by atoms with Crippen LogP contribution in [0.1, 0.15) is 11.1 Å². The van der Waals surface area contributed by atoms with Gasteiger partial charge in [-0.05, 0) is 60.4 Å². The van der Waals surface area contributed by atoms with Gasteiger partial charge in [-0.2, -0.15) is 0 Å². The minimum atomic E-state index is -1.33. The van der Waals surface area contributed by atoms with Gasteiger partial charge in [0.2, 0.25) is 0 Å². The molecular formula is C32H20F6. The standard InChI is InChI=1S/C32H20F6/c1-17-3-5-19(6-4-17)20-7-9-25(29(35)13-20)26-10-8-21(14-30(26)36)23-11-12-24(32(38)31(23)37)22-15-27(33)18(2)28(34)16-22/h3-16H,1-2H3. The van der Waals surface area contributed by atoms with Crippen LogP contribution in [0.5, 0.6) is 0 Å². The van der Waals surface area contributed by atoms with Crippen molar-refractivity contribution in [2.24, 2.45) is 0 Å². The highest BCUT2D eigenvalue weighted by Gasteiger charge is 2.20. The fourth-order valence-electron chi connectivity index (χ4n) is 4.36. The highest BCUT2D eigenvalue weighted by atomic mass is 19.2. The van der Waals surface area contributed by atoms with E-state index in [1.807, 2.05) is 31.2 Å². The van der Waals surface area contributed by atoms with Crippen molar-refractivity contribution in [2.45, 2.75) is 13.8 Å². The van der Waals surface area contributed by atoms with Crippen LogP contribution in [-0.4, -0.2) is 0 Å². The molecule has 0 saturated carbocycles. The highest BCUT2D eigenvalue weighted by Crippen LogP contribution is 2.36. The van der Waals surface area contributed by atoms with Crippen molar-refractivity contribution < 1.29 is 26.3 Å². The molecule has 0 heterocycles. The molecule has 0 aliphatic rings. The van der Waals surface area contributed by atoms with Crippen molar-refractivity contribution in [1.29, 1.82) is 0 Å². The van der Waals surface area contributed by atoms with Gasteiger partial charge >= 0.3 is 0 Å². The Bertz CT molecular complexity index is 1660. The molecule has 0 amide bonds. The van der Waals surface area contributed by atoms with Gasteiger partial charge in [-0.15, -0.1) is 0 Å². The molecule has 0 aromatic heterocycles. The third kappa shape index (κ3) is 4.58. The maximum absolute atomic E-state index is 15.1. The summed E-state index contributed by atoms with van der Waals surface area (Å²) in [6.07, 6.45) is 0. The van der Waals surface area contributed by atoms with Crippen LogP contribution >= 0.6 is 0 Å². The molecule has 0 aliphatic carbocycles. The van der Waals surface area contributed by atoms with Crippen LogP contribution in [0, 0.1) is 48.8 Å². The van der Waals surface area contributed by atoms with Crippen LogP contribution < -0.4 is 0 Å². The van der Waals surface area contributed by atoms with E-state index in [1.165, 1.54) is 43.3 Å². The second-order valence-electron chi connectivity index (χ2n) is 9.11. The van der Waals surface area contributed by atoms with Crippen LogP contribution in [0.2, 0.25) is 0 Å². The Morgan fingerprint density at radius 2 is 0.763 bits per heavy atom. The molecule has 190 valence electrons. The van der Waals surface area contributed by atoms with E-state index in [0.717, 1.165) is 29.3 Å². The SMILES string of the molecule is Cc1ccc(-c2ccc(-c3ccc(-c4ccc(-c5cc(F)c(C)c(F)c5)c(F)c4F)cc3F)c(F)c2)cc1. The van der Waals surface area contributed by atoms with Gasteiger partial charge in [-0.1, -0.05) is 66.2 Å². The van der Waals surface area contributed by atoms with Crippen LogP contribution in [0.15, 0.2) is 84.9 Å². The van der Waals surface area contributed by atoms with Gasteiger partial charge in [-0.3, -0.25) is 0 Å². The van der Waals surface area contributed by atoms with Crippen molar-refractivity contribution in [3.8, 4) is 44.5 Å². The quantitative estimate of drug-likeness (QED) is 0.208. The first-order valence-electron chi connectivity index (χ1n) is 11.7. The summed E-state index contributed by atoms with van der Waals surface area (Å²) in [6, 6.07) is 19.9. The number of hydrogen-bond donors (Lipinski definition) is 0. The smallest absolute Gasteiger partial charge is 0.167 e. The fourth-order valence-corrected chi connectivity index (χ4v) is 4.36. The maximum Gasteiger partial charge on any atom is 0.167 e. The molecule has 5 aromatic rings. The van der Waals surface area contributed by atoms with E-state index in [4.69, 9.17) is 0 Å². The van der Waals surface area contributed by atoms with E-state index < -0.39 is 34.9 Å². The summed E-state index contributed by atoms with van der Waals surface area (Å²) in [5, 5.41) is 0. The van der Waals surface area contributed by atoms with E-state index in [0.29, 0.717) is 5.56 Å². The molecule has 0 N–H and O–H groups in total. The maximum atomic E-state index is 15.1. The van der Waals surface area contributed by atoms with Gasteiger partial charge in [0.25, 0.3) is 0 Å². The fraction of sp³-hybridized carbons (Fsp3) is 0.0625. The molecule has 0 radical (unpaired) electrons. The Morgan fingerprint density at radius 1 is 0.368 bits per heavy atom. The third-order valence-electron chi connectivity index (χ3n) is 6.60. The van der Waals surface area contributed by atoms with Gasteiger partial charge in [0.15, 0.2) is 11.6 Å². The molecule has 5 rings (SSSR count). The number of aryl methyl sites for hydroxylation is 1. The summed E-state index contributed by atoms with van der Waals surface area (Å²) in [4.78, 5) is 0. The summed E-state index contributed by atoms with van der Waals surface area (Å²) < 4.78 is 87.9. The number of halogens is 6. The molecule has 0 bridgehead atoms. The molecule has 0 nitrogen and oxygen atoms in total. The predicted molar refractivity (Wildman–Crippen MR) is 137 cm³/mol. The van der Waals surface area contributed by atoms with Gasteiger partial charge in [0, 0.05) is 27.8 Å². The largest absolute Gasteiger partial charge is 0.207 e. The van der Waals surface area contributed by atoms with E-state index in [2.05, 4.69) is 0 Å². The summed E-state index contributed by atoms with van der Waals surface area (Å²) in [5.74, 6) is -5.86. The molecule has 6 heteroatoms. The van der Waals surface area contributed by atoms with E-state index in [-0.39, 0.29) is 38.9 Å². The van der Waals surface area contributed by atoms with E-state index in [9.17, 15) is 17.6 Å². The molecule has 5 aromatic carbocycles. The lowest BCUT2D eigenvalue weighted by Gasteiger charge is -2.12. The van der Waals surface area contributed by atoms with Gasteiger partial charge in [0.05, 0.1) is 0 Å². The normalized spacial score (nSPS) is 11.2. The number of rotatable bonds is 4. The Hall–Kier alpha value is -4.32. The van der Waals surface area contributed by atoms with Crippen molar-refractivity contribution >= 4 is 0 Å². The minimum absolute atomic E-state index is 0.0205. The van der Waals surface area contributed by atoms with Crippen molar-refractivity contribution in [2.75, 3.05) is 0 Å². The van der Waals surface area contributed by atoms with Crippen LogP contribution in [0.4, 0.5) is 26.3 Å². The minimum Gasteiger partial charge on any atom is -0.207 e. The molecule has 0 saturated heterocycles. The van der Waals surface area contributed by atoms with Crippen molar-refractivity contribution in [3.63, 3.8) is 0 Å². The predicted octanol–water partition coefficient (Wildman–Crippen LogP) is 9.81. The monoisotopic (exact) mass is 518 g/mol. The Kier molecular flexibility index (Phi) is 6.57. The Balaban J connectivity index is 1.49. The second kappa shape index (κ2) is 9.86. The van der Waals surface area contributed by atoms with Crippen molar-refractivity contribution in [1.82, 2.24) is 0 Å². The van der Waals surface area contributed by atoms with Gasteiger partial charge < -0.3 is 0 Å². The molecule has 0 unspecified atom stereocenters. The first-order chi connectivity index (χ1) is 18.1. The summed E-state index contributed by atoms with van der Waals surface area (Å²) in [5.41, 5.74) is 1.53. The third-order valence-corrected chi connectivity index (χ3v) is 6.60. The average molecular weight is 519 g/mol. The zero-order valence-electron chi connectivity index (χ0n) is 20.4. The van der Waals surface area contributed by atoms with E-state index in [1.54, 1.807) is 6.07 Å². The van der Waals surface area contributed by atoms with Crippen LogP contribution in [-0.2, 0) is 0 Å². The Labute approximate surface area is 215 Å². The Morgan fingerprint density at radius 3 is 1.29 bits per heavy atom. The molecule has 0 atom stereocenters. The molecular weight excluding hydrogens is 498 g/mol. The van der Waals surface area contributed by atoms with Crippen molar-refractivity contribution in [3.05, 3.63) is 131 Å². The topological polar surface area (TPSA) is 0 Å². The lowest BCUT2D eigenvalue weighted by atomic mass is 9.95. The lowest BCUT2D eigenvalue weighted by molar-refractivity contribution is 0.513. The van der Waals surface area contributed by atoms with Gasteiger partial charge in [0.1, 0.15) is 23.3 Å². The zero-order chi connectivity index (χ0) is 27.1. The molecule has 0 spiro atoms. The molecule has 38 heavy (non-hydrogen) atoms. The average Bonchev–Trinajstić information content (AvgIpc) is 2.89. The first-order valence-corrected chi connectivity index (χ1v) is 11.7. The first kappa shape index (κ1) is 25.3. The summed E-state index contributed by atoms with van der Waals surface area (Å²) >= 11 is 0. The highest BCUT2D eigenvalue weighted by molar-refractivity contribution is 5.76. The summed E-state index contributed by atoms with van der Waals surface area (Å²) in [7, 11) is 0. The number of benzene rings is 5.